The Morgan fingerprint density at radius 1 is 1.52 bits per heavy atom. The second-order valence-electron chi connectivity index (χ2n) is 6.71. The summed E-state index contributed by atoms with van der Waals surface area (Å²) in [5.41, 5.74) is 0.753. The predicted molar refractivity (Wildman–Crippen MR) is 93.5 cm³/mol. The normalized spacial score (nSPS) is 28.8. The summed E-state index contributed by atoms with van der Waals surface area (Å²) in [5.74, 6) is 4.97. The largest absolute Gasteiger partial charge is 0.444 e. The van der Waals surface area contributed by atoms with E-state index in [1.807, 2.05) is 13.8 Å². The van der Waals surface area contributed by atoms with E-state index in [1.165, 1.54) is 0 Å². The van der Waals surface area contributed by atoms with Crippen LogP contribution in [0.5, 0.6) is 0 Å². The van der Waals surface area contributed by atoms with Gasteiger partial charge in [-0.2, -0.15) is 0 Å². The van der Waals surface area contributed by atoms with Gasteiger partial charge < -0.3 is 4.74 Å². The fourth-order valence-electron chi connectivity index (χ4n) is 3.33. The number of rotatable bonds is 5. The number of carbonyl (C=O) groups is 1. The third-order valence-electron chi connectivity index (χ3n) is 4.83. The van der Waals surface area contributed by atoms with Gasteiger partial charge in [0, 0.05) is 6.42 Å². The van der Waals surface area contributed by atoms with Gasteiger partial charge in [0.05, 0.1) is 5.92 Å². The Morgan fingerprint density at radius 3 is 2.78 bits per heavy atom. The van der Waals surface area contributed by atoms with Crippen LogP contribution in [0.4, 0.5) is 0 Å². The minimum Gasteiger partial charge on any atom is -0.444 e. The topological polar surface area (TPSA) is 26.3 Å². The molecule has 0 aromatic rings. The standard InChI is InChI=1S/C19H20Cl2O2/c1-5-7-12-8-9-13(10-12)15(6-2)23-18(22)17-14(11-16(20)21)19(17,3)4/h1-2,10-12,14-15,17H,7-9H2,3-4H3/t12?,14-,15?,17+/m1/s1. The molecule has 0 N–H and O–H groups in total. The van der Waals surface area contributed by atoms with Gasteiger partial charge in [-0.15, -0.1) is 18.8 Å². The molecule has 4 atom stereocenters. The van der Waals surface area contributed by atoms with Crippen molar-refractivity contribution in [3.8, 4) is 24.7 Å². The highest BCUT2D eigenvalue weighted by Crippen LogP contribution is 2.60. The Bertz CT molecular complexity index is 627. The zero-order valence-corrected chi connectivity index (χ0v) is 14.8. The van der Waals surface area contributed by atoms with Crippen LogP contribution in [0.25, 0.3) is 0 Å². The van der Waals surface area contributed by atoms with Crippen molar-refractivity contribution >= 4 is 29.2 Å². The van der Waals surface area contributed by atoms with Gasteiger partial charge in [-0.05, 0) is 41.7 Å². The first-order valence-corrected chi connectivity index (χ1v) is 8.40. The number of hydrogen-bond donors (Lipinski definition) is 0. The van der Waals surface area contributed by atoms with Crippen molar-refractivity contribution in [3.05, 3.63) is 22.2 Å². The number of allylic oxidation sites excluding steroid dienone is 2. The smallest absolute Gasteiger partial charge is 0.311 e. The van der Waals surface area contributed by atoms with Crippen LogP contribution in [0.1, 0.15) is 33.1 Å². The van der Waals surface area contributed by atoms with Crippen LogP contribution in [-0.4, -0.2) is 12.1 Å². The molecule has 2 aliphatic rings. The molecule has 2 nitrogen and oxygen atoms in total. The maximum atomic E-state index is 12.5. The molecule has 2 unspecified atom stereocenters. The van der Waals surface area contributed by atoms with Crippen molar-refractivity contribution in [1.29, 1.82) is 0 Å². The van der Waals surface area contributed by atoms with Crippen molar-refractivity contribution < 1.29 is 9.53 Å². The molecule has 0 bridgehead atoms. The van der Waals surface area contributed by atoms with E-state index in [1.54, 1.807) is 6.08 Å². The summed E-state index contributed by atoms with van der Waals surface area (Å²) in [4.78, 5) is 12.5. The van der Waals surface area contributed by atoms with Gasteiger partial charge in [0.2, 0.25) is 0 Å². The van der Waals surface area contributed by atoms with Gasteiger partial charge in [0.25, 0.3) is 0 Å². The number of halogens is 2. The summed E-state index contributed by atoms with van der Waals surface area (Å²) in [6.07, 6.45) is 16.5. The molecule has 2 aliphatic carbocycles. The number of carbonyl (C=O) groups excluding carboxylic acids is 1. The minimum atomic E-state index is -0.613. The Balaban J connectivity index is 2.02. The molecule has 0 aromatic heterocycles. The van der Waals surface area contributed by atoms with Crippen LogP contribution in [0, 0.1) is 47.9 Å². The van der Waals surface area contributed by atoms with Crippen LogP contribution in [0.15, 0.2) is 22.2 Å². The Morgan fingerprint density at radius 2 is 2.22 bits per heavy atom. The van der Waals surface area contributed by atoms with Gasteiger partial charge in [0.1, 0.15) is 4.49 Å². The Hall–Kier alpha value is -1.35. The highest BCUT2D eigenvalue weighted by molar-refractivity contribution is 6.55. The summed E-state index contributed by atoms with van der Waals surface area (Å²) < 4.78 is 5.74. The summed E-state index contributed by atoms with van der Waals surface area (Å²) in [7, 11) is 0. The van der Waals surface area contributed by atoms with Crippen LogP contribution >= 0.6 is 23.2 Å². The zero-order chi connectivity index (χ0) is 17.2. The molecule has 1 fully saturated rings. The van der Waals surface area contributed by atoms with Crippen molar-refractivity contribution in [1.82, 2.24) is 0 Å². The lowest BCUT2D eigenvalue weighted by atomic mass is 10.1. The fraction of sp³-hybridized carbons (Fsp3) is 0.526. The molecule has 4 heteroatoms. The summed E-state index contributed by atoms with van der Waals surface area (Å²) in [6.45, 7) is 3.97. The molecule has 122 valence electrons. The van der Waals surface area contributed by atoms with E-state index >= 15 is 0 Å². The van der Waals surface area contributed by atoms with E-state index in [2.05, 4.69) is 17.9 Å². The average molecular weight is 351 g/mol. The monoisotopic (exact) mass is 350 g/mol. The number of ether oxygens (including phenoxy) is 1. The lowest BCUT2D eigenvalue weighted by Gasteiger charge is -2.14. The first-order chi connectivity index (χ1) is 10.8. The summed E-state index contributed by atoms with van der Waals surface area (Å²) >= 11 is 11.4. The van der Waals surface area contributed by atoms with E-state index < -0.39 is 6.10 Å². The van der Waals surface area contributed by atoms with E-state index in [0.29, 0.717) is 12.3 Å². The lowest BCUT2D eigenvalue weighted by Crippen LogP contribution is -2.21. The maximum absolute atomic E-state index is 12.5. The van der Waals surface area contributed by atoms with Crippen LogP contribution in [0.3, 0.4) is 0 Å². The van der Waals surface area contributed by atoms with Crippen molar-refractivity contribution in [2.75, 3.05) is 0 Å². The van der Waals surface area contributed by atoms with E-state index in [-0.39, 0.29) is 27.7 Å². The first-order valence-electron chi connectivity index (χ1n) is 7.64. The van der Waals surface area contributed by atoms with E-state index in [9.17, 15) is 4.79 Å². The van der Waals surface area contributed by atoms with E-state index in [0.717, 1.165) is 18.4 Å². The minimum absolute atomic E-state index is 0.0230. The number of hydrogen-bond acceptors (Lipinski definition) is 2. The second-order valence-corrected chi connectivity index (χ2v) is 7.72. The SMILES string of the molecule is C#CCC1C=C(C(C#C)OC(=O)[C@@H]2[C@@H](C=C(Cl)Cl)C2(C)C)CC1. The molecule has 1 saturated carbocycles. The average Bonchev–Trinajstić information content (AvgIpc) is 2.83. The molecule has 0 amide bonds. The van der Waals surface area contributed by atoms with E-state index in [4.69, 9.17) is 40.8 Å². The molecule has 0 heterocycles. The third-order valence-corrected chi connectivity index (χ3v) is 5.08. The molecular weight excluding hydrogens is 331 g/mol. The van der Waals surface area contributed by atoms with Crippen molar-refractivity contribution in [2.45, 2.75) is 39.2 Å². The number of esters is 1. The molecular formula is C19H20Cl2O2. The maximum Gasteiger partial charge on any atom is 0.311 e. The molecule has 0 saturated heterocycles. The molecule has 2 rings (SSSR count). The lowest BCUT2D eigenvalue weighted by molar-refractivity contribution is -0.147. The van der Waals surface area contributed by atoms with Gasteiger partial charge in [0.15, 0.2) is 6.10 Å². The Kier molecular flexibility index (Phi) is 5.51. The summed E-state index contributed by atoms with van der Waals surface area (Å²) in [6, 6.07) is 0. The van der Waals surface area contributed by atoms with Crippen molar-refractivity contribution in [3.63, 3.8) is 0 Å². The predicted octanol–water partition coefficient (Wildman–Crippen LogP) is 4.48. The third kappa shape index (κ3) is 3.95. The van der Waals surface area contributed by atoms with Crippen LogP contribution in [-0.2, 0) is 9.53 Å². The second kappa shape index (κ2) is 7.04. The van der Waals surface area contributed by atoms with Crippen LogP contribution in [0.2, 0.25) is 0 Å². The Labute approximate surface area is 148 Å². The number of terminal acetylenes is 2. The molecule has 0 aromatic carbocycles. The van der Waals surface area contributed by atoms with Crippen molar-refractivity contribution in [2.24, 2.45) is 23.2 Å². The molecule has 23 heavy (non-hydrogen) atoms. The molecule has 0 aliphatic heterocycles. The van der Waals surface area contributed by atoms with Gasteiger partial charge in [-0.25, -0.2) is 0 Å². The zero-order valence-electron chi connectivity index (χ0n) is 13.3. The quantitative estimate of drug-likeness (QED) is 0.415. The van der Waals surface area contributed by atoms with Gasteiger partial charge in [-0.1, -0.05) is 49.0 Å². The molecule has 0 radical (unpaired) electrons. The highest BCUT2D eigenvalue weighted by atomic mass is 35.5. The highest BCUT2D eigenvalue weighted by Gasteiger charge is 2.62. The summed E-state index contributed by atoms with van der Waals surface area (Å²) in [5, 5.41) is 0. The van der Waals surface area contributed by atoms with Gasteiger partial charge in [-0.3, -0.25) is 4.79 Å². The molecule has 0 spiro atoms. The first kappa shape index (κ1) is 18.0. The fourth-order valence-corrected chi connectivity index (χ4v) is 3.60. The van der Waals surface area contributed by atoms with Gasteiger partial charge >= 0.3 is 5.97 Å². The van der Waals surface area contributed by atoms with Crippen LogP contribution < -0.4 is 0 Å².